The number of carboxylic acids is 1. The van der Waals surface area contributed by atoms with Gasteiger partial charge in [0.25, 0.3) is 0 Å². The zero-order chi connectivity index (χ0) is 15.8. The van der Waals surface area contributed by atoms with E-state index in [2.05, 4.69) is 12.2 Å². The fraction of sp³-hybridized carbons (Fsp3) is 0.941. The summed E-state index contributed by atoms with van der Waals surface area (Å²) >= 11 is 0. The van der Waals surface area contributed by atoms with Gasteiger partial charge >= 0.3 is 5.97 Å². The first-order chi connectivity index (χ1) is 10.2. The maximum Gasteiger partial charge on any atom is 0.320 e. The zero-order valence-electron chi connectivity index (χ0n) is 14.3. The number of nitrogens with two attached hydrogens (primary N) is 1. The highest BCUT2D eigenvalue weighted by atomic mass is 35.5. The molecule has 0 saturated heterocycles. The van der Waals surface area contributed by atoms with Gasteiger partial charge in [0, 0.05) is 0 Å². The van der Waals surface area contributed by atoms with Gasteiger partial charge in [0.2, 0.25) is 0 Å². The minimum Gasteiger partial charge on any atom is -0.480 e. The van der Waals surface area contributed by atoms with Crippen LogP contribution in [0, 0.1) is 0 Å². The van der Waals surface area contributed by atoms with Gasteiger partial charge in [-0.05, 0) is 25.9 Å². The van der Waals surface area contributed by atoms with Crippen LogP contribution in [0.4, 0.5) is 0 Å². The summed E-state index contributed by atoms with van der Waals surface area (Å²) < 4.78 is 0. The van der Waals surface area contributed by atoms with Gasteiger partial charge in [-0.1, -0.05) is 71.1 Å². The maximum atomic E-state index is 11.1. The lowest BCUT2D eigenvalue weighted by Crippen LogP contribution is -2.37. The van der Waals surface area contributed by atoms with Crippen molar-refractivity contribution in [2.45, 2.75) is 90.0 Å². The molecule has 1 atom stereocenters. The minimum atomic E-state index is -0.733. The highest BCUT2D eigenvalue weighted by molar-refractivity contribution is 5.85. The van der Waals surface area contributed by atoms with Crippen molar-refractivity contribution in [3.8, 4) is 0 Å². The van der Waals surface area contributed by atoms with E-state index in [1.165, 1.54) is 51.4 Å². The number of aliphatic carboxylic acids is 1. The molecule has 0 bridgehead atoms. The van der Waals surface area contributed by atoms with E-state index in [9.17, 15) is 4.79 Å². The van der Waals surface area contributed by atoms with Crippen LogP contribution in [-0.2, 0) is 4.79 Å². The summed E-state index contributed by atoms with van der Waals surface area (Å²) in [7, 11) is 0. The number of halogens is 1. The van der Waals surface area contributed by atoms with E-state index in [0.717, 1.165) is 25.7 Å². The third-order valence-electron chi connectivity index (χ3n) is 3.92. The molecule has 0 aliphatic carbocycles. The molecule has 134 valence electrons. The summed E-state index contributed by atoms with van der Waals surface area (Å²) in [4.78, 5) is 11.1. The summed E-state index contributed by atoms with van der Waals surface area (Å²) in [5.74, 6) is -0.733. The molecule has 0 aromatic heterocycles. The second kappa shape index (κ2) is 18.7. The lowest BCUT2D eigenvalue weighted by molar-refractivity contribution is -0.139. The van der Waals surface area contributed by atoms with E-state index >= 15 is 0 Å². The van der Waals surface area contributed by atoms with Gasteiger partial charge in [-0.3, -0.25) is 4.79 Å². The molecule has 0 rings (SSSR count). The molecular weight excluding hydrogens is 300 g/mol. The first kappa shape index (κ1) is 23.9. The summed E-state index contributed by atoms with van der Waals surface area (Å²) in [5, 5.41) is 12.2. The molecule has 0 saturated carbocycles. The van der Waals surface area contributed by atoms with Crippen LogP contribution in [0.1, 0.15) is 84.0 Å². The van der Waals surface area contributed by atoms with Crippen molar-refractivity contribution in [2.24, 2.45) is 5.73 Å². The van der Waals surface area contributed by atoms with E-state index in [4.69, 9.17) is 10.8 Å². The van der Waals surface area contributed by atoms with Crippen LogP contribution in [0.25, 0.3) is 0 Å². The molecular formula is C17H37ClN2O2. The third kappa shape index (κ3) is 16.1. The van der Waals surface area contributed by atoms with Crippen LogP contribution in [0.3, 0.4) is 0 Å². The lowest BCUT2D eigenvalue weighted by atomic mass is 10.0. The molecule has 0 fully saturated rings. The zero-order valence-corrected chi connectivity index (χ0v) is 15.1. The molecule has 4 N–H and O–H groups in total. The Morgan fingerprint density at radius 2 is 1.45 bits per heavy atom. The fourth-order valence-corrected chi connectivity index (χ4v) is 2.53. The number of hydrogen-bond donors (Lipinski definition) is 3. The number of hydrogen-bond acceptors (Lipinski definition) is 3. The van der Waals surface area contributed by atoms with Crippen LogP contribution in [0.5, 0.6) is 0 Å². The van der Waals surface area contributed by atoms with Gasteiger partial charge in [-0.15, -0.1) is 12.4 Å². The minimum absolute atomic E-state index is 0. The Hall–Kier alpha value is -0.320. The van der Waals surface area contributed by atoms with Crippen molar-refractivity contribution < 1.29 is 9.90 Å². The van der Waals surface area contributed by atoms with E-state index < -0.39 is 12.0 Å². The number of nitrogens with one attached hydrogen (secondary N) is 1. The second-order valence-corrected chi connectivity index (χ2v) is 5.96. The molecule has 0 spiro atoms. The summed E-state index contributed by atoms with van der Waals surface area (Å²) in [6, 6.07) is -0.398. The SMILES string of the molecule is CCCCCCCCCCCCC(NCCCN)C(=O)O.Cl. The maximum absolute atomic E-state index is 11.1. The van der Waals surface area contributed by atoms with E-state index in [-0.39, 0.29) is 12.4 Å². The standard InChI is InChI=1S/C17H36N2O2.ClH/c1-2-3-4-5-6-7-8-9-10-11-13-16(17(20)21)19-15-12-14-18;/h16,19H,2-15,18H2,1H3,(H,20,21);1H. The van der Waals surface area contributed by atoms with Gasteiger partial charge in [0.15, 0.2) is 0 Å². The Kier molecular flexibility index (Phi) is 20.4. The molecule has 0 heterocycles. The van der Waals surface area contributed by atoms with Crippen LogP contribution in [-0.4, -0.2) is 30.2 Å². The number of rotatable bonds is 16. The second-order valence-electron chi connectivity index (χ2n) is 5.96. The Bertz CT molecular complexity index is 241. The van der Waals surface area contributed by atoms with Crippen LogP contribution < -0.4 is 11.1 Å². The molecule has 0 aromatic carbocycles. The van der Waals surface area contributed by atoms with Crippen LogP contribution in [0.2, 0.25) is 0 Å². The molecule has 0 aliphatic heterocycles. The van der Waals surface area contributed by atoms with Crippen molar-refractivity contribution in [2.75, 3.05) is 13.1 Å². The predicted octanol–water partition coefficient (Wildman–Crippen LogP) is 4.11. The summed E-state index contributed by atoms with van der Waals surface area (Å²) in [6.45, 7) is 3.55. The largest absolute Gasteiger partial charge is 0.480 e. The van der Waals surface area contributed by atoms with Crippen molar-refractivity contribution in [1.29, 1.82) is 0 Å². The third-order valence-corrected chi connectivity index (χ3v) is 3.92. The predicted molar refractivity (Wildman–Crippen MR) is 96.8 cm³/mol. The topological polar surface area (TPSA) is 75.3 Å². The molecule has 22 heavy (non-hydrogen) atoms. The number of carboxylic acid groups (broad SMARTS) is 1. The van der Waals surface area contributed by atoms with Gasteiger partial charge in [-0.25, -0.2) is 0 Å². The molecule has 0 radical (unpaired) electrons. The van der Waals surface area contributed by atoms with Crippen LogP contribution >= 0.6 is 12.4 Å². The first-order valence-corrected chi connectivity index (χ1v) is 8.88. The highest BCUT2D eigenvalue weighted by Gasteiger charge is 2.15. The van der Waals surface area contributed by atoms with Crippen molar-refractivity contribution >= 4 is 18.4 Å². The van der Waals surface area contributed by atoms with E-state index in [0.29, 0.717) is 13.1 Å². The number of unbranched alkanes of at least 4 members (excludes halogenated alkanes) is 9. The summed E-state index contributed by atoms with van der Waals surface area (Å²) in [6.07, 6.45) is 14.4. The molecule has 1 unspecified atom stereocenters. The monoisotopic (exact) mass is 336 g/mol. The van der Waals surface area contributed by atoms with E-state index in [1.807, 2.05) is 0 Å². The first-order valence-electron chi connectivity index (χ1n) is 8.88. The average Bonchev–Trinajstić information content (AvgIpc) is 2.47. The number of carbonyl (C=O) groups is 1. The molecule has 0 aromatic rings. The van der Waals surface area contributed by atoms with Crippen molar-refractivity contribution in [3.63, 3.8) is 0 Å². The molecule has 4 nitrogen and oxygen atoms in total. The van der Waals surface area contributed by atoms with Gasteiger partial charge in [-0.2, -0.15) is 0 Å². The van der Waals surface area contributed by atoms with E-state index in [1.54, 1.807) is 0 Å². The average molecular weight is 337 g/mol. The fourth-order valence-electron chi connectivity index (χ4n) is 2.53. The Labute approximate surface area is 143 Å². The molecule has 5 heteroatoms. The lowest BCUT2D eigenvalue weighted by Gasteiger charge is -2.13. The smallest absolute Gasteiger partial charge is 0.320 e. The van der Waals surface area contributed by atoms with Gasteiger partial charge in [0.1, 0.15) is 6.04 Å². The van der Waals surface area contributed by atoms with Crippen molar-refractivity contribution in [1.82, 2.24) is 5.32 Å². The highest BCUT2D eigenvalue weighted by Crippen LogP contribution is 2.12. The quantitative estimate of drug-likeness (QED) is 0.371. The Morgan fingerprint density at radius 1 is 0.955 bits per heavy atom. The Balaban J connectivity index is 0. The van der Waals surface area contributed by atoms with Crippen LogP contribution in [0.15, 0.2) is 0 Å². The van der Waals surface area contributed by atoms with Crippen molar-refractivity contribution in [3.05, 3.63) is 0 Å². The normalized spacial score (nSPS) is 11.9. The Morgan fingerprint density at radius 3 is 1.91 bits per heavy atom. The van der Waals surface area contributed by atoms with Gasteiger partial charge in [0.05, 0.1) is 0 Å². The molecule has 0 amide bonds. The summed E-state index contributed by atoms with van der Waals surface area (Å²) in [5.41, 5.74) is 5.41. The van der Waals surface area contributed by atoms with Gasteiger partial charge < -0.3 is 16.2 Å². The molecule has 0 aliphatic rings.